The number of rotatable bonds is 18. The van der Waals surface area contributed by atoms with Crippen LogP contribution in [0.2, 0.25) is 0 Å². The van der Waals surface area contributed by atoms with Gasteiger partial charge in [0.2, 0.25) is 0 Å². The van der Waals surface area contributed by atoms with Gasteiger partial charge in [-0.1, -0.05) is 64.1 Å². The Balaban J connectivity index is 2.00. The monoisotopic (exact) mass is 972 g/mol. The van der Waals surface area contributed by atoms with E-state index in [9.17, 15) is 67.6 Å². The van der Waals surface area contributed by atoms with Crippen LogP contribution in [0.1, 0.15) is 109 Å². The Morgan fingerprint density at radius 1 is 0.406 bits per heavy atom. The van der Waals surface area contributed by atoms with E-state index in [1.165, 1.54) is 0 Å². The molecule has 0 aromatic heterocycles. The van der Waals surface area contributed by atoms with Crippen LogP contribution in [0, 0.1) is 0 Å². The third-order valence-corrected chi connectivity index (χ3v) is 18.0. The molecule has 64 heavy (non-hydrogen) atoms. The maximum absolute atomic E-state index is 13.0. The van der Waals surface area contributed by atoms with Crippen molar-refractivity contribution in [2.24, 2.45) is 0 Å². The summed E-state index contributed by atoms with van der Waals surface area (Å²) >= 11 is 0. The number of hydrogen-bond donors (Lipinski definition) is 10. The molecule has 5 rings (SSSR count). The first-order valence-corrected chi connectivity index (χ1v) is 27.0. The van der Waals surface area contributed by atoms with E-state index in [0.717, 1.165) is 24.3 Å². The molecule has 0 unspecified atom stereocenters. The standard InChI is InChI=1S/C42H56O18P4/c1-5-15-57-37-27-11-9-12-28(37)20-32-24-36(42(44,63(51,52)53)64(54,55)56)26-34(40(32)60-18-8-4)22-30-14-10-13-29(38(30)58-16-6-2)21-33-25-35(23-31(19-27)39(33)59-17-7-3)41(43,61(45,46)47)62(48,49)50/h9-14,23-26,43-44H,5-8,15-22H2,1-4H3,(H2,45,46,47)(H2,48,49,50)(H2,51,52,53)(H2,54,55,56). The summed E-state index contributed by atoms with van der Waals surface area (Å²) < 4.78 is 77.4. The summed E-state index contributed by atoms with van der Waals surface area (Å²) in [5.74, 6) is 0.905. The molecule has 1 aliphatic rings. The Morgan fingerprint density at radius 2 is 0.609 bits per heavy atom. The summed E-state index contributed by atoms with van der Waals surface area (Å²) in [7, 11) is -24.2. The molecule has 4 aromatic carbocycles. The highest BCUT2D eigenvalue weighted by atomic mass is 31.2. The van der Waals surface area contributed by atoms with Crippen LogP contribution in [0.3, 0.4) is 0 Å². The van der Waals surface area contributed by atoms with Gasteiger partial charge in [-0.2, -0.15) is 0 Å². The Labute approximate surface area is 370 Å². The van der Waals surface area contributed by atoms with Gasteiger partial charge in [-0.15, -0.1) is 0 Å². The van der Waals surface area contributed by atoms with Gasteiger partial charge in [0.25, 0.3) is 10.2 Å². The summed E-state index contributed by atoms with van der Waals surface area (Å²) in [5.41, 5.74) is 0.754. The van der Waals surface area contributed by atoms with E-state index in [4.69, 9.17) is 18.9 Å². The normalized spacial score (nSPS) is 14.0. The van der Waals surface area contributed by atoms with Crippen LogP contribution in [0.4, 0.5) is 0 Å². The first kappa shape index (κ1) is 51.6. The fraction of sp³-hybridized carbons (Fsp3) is 0.429. The second kappa shape index (κ2) is 20.2. The molecule has 1 aliphatic carbocycles. The zero-order valence-corrected chi connectivity index (χ0v) is 39.4. The Morgan fingerprint density at radius 3 is 0.797 bits per heavy atom. The molecule has 0 radical (unpaired) electrons. The van der Waals surface area contributed by atoms with E-state index in [2.05, 4.69) is 0 Å². The average molecular weight is 973 g/mol. The quantitative estimate of drug-likeness (QED) is 0.0423. The van der Waals surface area contributed by atoms with Gasteiger partial charge in [-0.05, 0) is 94.5 Å². The molecule has 0 amide bonds. The molecule has 352 valence electrons. The van der Waals surface area contributed by atoms with Gasteiger partial charge < -0.3 is 68.3 Å². The van der Waals surface area contributed by atoms with E-state index >= 15 is 0 Å². The molecule has 8 bridgehead atoms. The summed E-state index contributed by atoms with van der Waals surface area (Å²) in [6.07, 6.45) is 1.34. The molecule has 22 heteroatoms. The van der Waals surface area contributed by atoms with Crippen LogP contribution in [0.25, 0.3) is 0 Å². The highest BCUT2D eigenvalue weighted by Gasteiger charge is 2.62. The molecule has 0 saturated heterocycles. The molecule has 0 atom stereocenters. The van der Waals surface area contributed by atoms with E-state index < -0.39 is 51.7 Å². The molecule has 0 fully saturated rings. The predicted octanol–water partition coefficient (Wildman–Crippen LogP) is 6.43. The maximum Gasteiger partial charge on any atom is 0.374 e. The van der Waals surface area contributed by atoms with Crippen molar-refractivity contribution in [1.29, 1.82) is 0 Å². The minimum Gasteiger partial charge on any atom is -0.493 e. The van der Waals surface area contributed by atoms with Crippen molar-refractivity contribution in [2.75, 3.05) is 26.4 Å². The second-order valence-electron chi connectivity index (χ2n) is 15.6. The number of hydrogen-bond acceptors (Lipinski definition) is 10. The fourth-order valence-corrected chi connectivity index (χ4v) is 12.2. The number of para-hydroxylation sites is 2. The minimum absolute atomic E-state index is 0.145. The average Bonchev–Trinajstić information content (AvgIpc) is 3.19. The van der Waals surface area contributed by atoms with Gasteiger partial charge in [-0.25, -0.2) is 0 Å². The molecule has 4 aromatic rings. The van der Waals surface area contributed by atoms with Gasteiger partial charge in [-0.3, -0.25) is 18.3 Å². The highest BCUT2D eigenvalue weighted by molar-refractivity contribution is 7.71. The molecular formula is C42H56O18P4. The third-order valence-electron chi connectivity index (χ3n) is 10.6. The van der Waals surface area contributed by atoms with Crippen molar-refractivity contribution in [1.82, 2.24) is 0 Å². The Bertz CT molecular complexity index is 2210. The molecule has 0 aliphatic heterocycles. The van der Waals surface area contributed by atoms with Crippen molar-refractivity contribution in [3.63, 3.8) is 0 Å². The number of ether oxygens (including phenoxy) is 4. The SMILES string of the molecule is CCCOc1c2cccc1Cc1cc(C(O)(P(=O)(O)O)P(=O)(O)O)cc(c1OCCC)Cc1cccc(c1OCCC)Cc1cc(C(O)(P(=O)(O)O)P(=O)(O)O)cc(c1OCCC)C2. The lowest BCUT2D eigenvalue weighted by Crippen LogP contribution is -2.26. The first-order chi connectivity index (χ1) is 29.9. The van der Waals surface area contributed by atoms with Crippen molar-refractivity contribution in [2.45, 2.75) is 89.2 Å². The van der Waals surface area contributed by atoms with Gasteiger partial charge in [0.05, 0.1) is 26.4 Å². The topological polar surface area (TPSA) is 308 Å². The zero-order valence-electron chi connectivity index (χ0n) is 35.8. The lowest BCUT2D eigenvalue weighted by molar-refractivity contribution is 0.130. The number of benzene rings is 4. The summed E-state index contributed by atoms with van der Waals surface area (Å²) in [4.78, 5) is 83.5. The van der Waals surface area contributed by atoms with Crippen LogP contribution in [0.5, 0.6) is 23.0 Å². The minimum atomic E-state index is -6.05. The van der Waals surface area contributed by atoms with E-state index in [-0.39, 0.29) is 97.4 Å². The molecule has 0 spiro atoms. The molecule has 0 heterocycles. The molecular weight excluding hydrogens is 916 g/mol. The van der Waals surface area contributed by atoms with Crippen LogP contribution in [-0.2, 0) is 54.1 Å². The zero-order chi connectivity index (χ0) is 47.5. The van der Waals surface area contributed by atoms with Gasteiger partial charge >= 0.3 is 30.4 Å². The highest BCUT2D eigenvalue weighted by Crippen LogP contribution is 2.74. The second-order valence-corrected chi connectivity index (χ2v) is 23.3. The van der Waals surface area contributed by atoms with Gasteiger partial charge in [0.15, 0.2) is 0 Å². The van der Waals surface area contributed by atoms with Crippen molar-refractivity contribution >= 4 is 30.4 Å². The summed E-state index contributed by atoms with van der Waals surface area (Å²) in [6.45, 7) is 8.00. The fourth-order valence-electron chi connectivity index (χ4n) is 7.65. The molecule has 10 N–H and O–H groups in total. The largest absolute Gasteiger partial charge is 0.493 e. The van der Waals surface area contributed by atoms with E-state index in [1.807, 2.05) is 27.7 Å². The lowest BCUT2D eigenvalue weighted by Gasteiger charge is -2.31. The van der Waals surface area contributed by atoms with Crippen LogP contribution in [0.15, 0.2) is 60.7 Å². The number of aliphatic hydroxyl groups is 2. The van der Waals surface area contributed by atoms with Crippen molar-refractivity contribution < 1.29 is 86.6 Å². The number of fused-ring (bicyclic) bond motifs is 8. The van der Waals surface area contributed by atoms with Crippen LogP contribution in [-0.4, -0.2) is 75.8 Å². The van der Waals surface area contributed by atoms with Crippen molar-refractivity contribution in [3.8, 4) is 23.0 Å². The van der Waals surface area contributed by atoms with E-state index in [0.29, 0.717) is 47.9 Å². The van der Waals surface area contributed by atoms with E-state index in [1.54, 1.807) is 36.4 Å². The summed E-state index contributed by atoms with van der Waals surface area (Å²) in [5, 5.41) is 15.1. The third kappa shape index (κ3) is 10.4. The summed E-state index contributed by atoms with van der Waals surface area (Å²) in [6, 6.07) is 14.3. The molecule has 18 nitrogen and oxygen atoms in total. The Kier molecular flexibility index (Phi) is 16.3. The van der Waals surface area contributed by atoms with Crippen LogP contribution < -0.4 is 18.9 Å². The molecule has 0 saturated carbocycles. The van der Waals surface area contributed by atoms with Gasteiger partial charge in [0, 0.05) is 36.8 Å². The maximum atomic E-state index is 13.0. The smallest absolute Gasteiger partial charge is 0.374 e. The van der Waals surface area contributed by atoms with Crippen LogP contribution >= 0.6 is 30.4 Å². The lowest BCUT2D eigenvalue weighted by atomic mass is 9.89. The first-order valence-electron chi connectivity index (χ1n) is 20.6. The van der Waals surface area contributed by atoms with Gasteiger partial charge in [0.1, 0.15) is 23.0 Å². The van der Waals surface area contributed by atoms with Crippen molar-refractivity contribution in [3.05, 3.63) is 116 Å². The Hall–Kier alpha value is -3.40. The predicted molar refractivity (Wildman–Crippen MR) is 236 cm³/mol.